The van der Waals surface area contributed by atoms with Gasteiger partial charge in [0.15, 0.2) is 0 Å². The maximum atomic E-state index is 12.3. The Morgan fingerprint density at radius 2 is 2.16 bits per heavy atom. The molecular formula is C12H14ClNO4S. The number of sulfonamides is 1. The molecule has 0 atom stereocenters. The summed E-state index contributed by atoms with van der Waals surface area (Å²) in [5.74, 6) is -1.27. The van der Waals surface area contributed by atoms with E-state index in [0.717, 1.165) is 6.07 Å². The number of hydrogen-bond acceptors (Lipinski definition) is 3. The maximum absolute atomic E-state index is 12.3. The van der Waals surface area contributed by atoms with Crippen LogP contribution in [0.5, 0.6) is 0 Å². The minimum Gasteiger partial charge on any atom is -0.478 e. The van der Waals surface area contributed by atoms with E-state index in [9.17, 15) is 13.2 Å². The fourth-order valence-electron chi connectivity index (χ4n) is 1.52. The summed E-state index contributed by atoms with van der Waals surface area (Å²) < 4.78 is 25.8. The minimum absolute atomic E-state index is 0.00165. The van der Waals surface area contributed by atoms with Crippen molar-refractivity contribution in [1.29, 1.82) is 0 Å². The minimum atomic E-state index is -3.75. The Kier molecular flexibility index (Phi) is 5.11. The highest BCUT2D eigenvalue weighted by Crippen LogP contribution is 2.23. The smallest absolute Gasteiger partial charge is 0.337 e. The van der Waals surface area contributed by atoms with E-state index >= 15 is 0 Å². The summed E-state index contributed by atoms with van der Waals surface area (Å²) in [7, 11) is -3.75. The number of rotatable bonds is 6. The fourth-order valence-corrected chi connectivity index (χ4v) is 3.16. The van der Waals surface area contributed by atoms with Crippen molar-refractivity contribution in [2.75, 3.05) is 13.1 Å². The summed E-state index contributed by atoms with van der Waals surface area (Å²) in [5.41, 5.74) is -0.239. The highest BCUT2D eigenvalue weighted by molar-refractivity contribution is 7.89. The predicted octanol–water partition coefficient (Wildman–Crippen LogP) is 2.23. The first-order valence-electron chi connectivity index (χ1n) is 5.48. The lowest BCUT2D eigenvalue weighted by molar-refractivity contribution is 0.0697. The van der Waals surface area contributed by atoms with Gasteiger partial charge in [-0.25, -0.2) is 13.2 Å². The molecule has 0 unspecified atom stereocenters. The lowest BCUT2D eigenvalue weighted by atomic mass is 10.2. The van der Waals surface area contributed by atoms with E-state index in [-0.39, 0.29) is 28.6 Å². The van der Waals surface area contributed by atoms with Gasteiger partial charge in [-0.05, 0) is 18.2 Å². The van der Waals surface area contributed by atoms with Gasteiger partial charge in [0.2, 0.25) is 10.0 Å². The third-order valence-electron chi connectivity index (χ3n) is 2.49. The van der Waals surface area contributed by atoms with E-state index < -0.39 is 16.0 Å². The monoisotopic (exact) mass is 303 g/mol. The second-order valence-electron chi connectivity index (χ2n) is 3.69. The van der Waals surface area contributed by atoms with Gasteiger partial charge in [0.25, 0.3) is 0 Å². The lowest BCUT2D eigenvalue weighted by Gasteiger charge is -2.19. The average Bonchev–Trinajstić information content (AvgIpc) is 2.35. The molecule has 0 aromatic heterocycles. The molecular weight excluding hydrogens is 290 g/mol. The number of likely N-dealkylation sites (N-methyl/N-ethyl adjacent to an activating group) is 1. The van der Waals surface area contributed by atoms with Crippen LogP contribution >= 0.6 is 11.6 Å². The van der Waals surface area contributed by atoms with E-state index in [1.807, 2.05) is 0 Å². The van der Waals surface area contributed by atoms with E-state index in [2.05, 4.69) is 6.58 Å². The summed E-state index contributed by atoms with van der Waals surface area (Å²) in [6, 6.07) is 3.61. The highest BCUT2D eigenvalue weighted by Gasteiger charge is 2.23. The molecule has 0 aliphatic heterocycles. The van der Waals surface area contributed by atoms with Gasteiger partial charge in [-0.15, -0.1) is 6.58 Å². The Labute approximate surface area is 117 Å². The third kappa shape index (κ3) is 3.34. The predicted molar refractivity (Wildman–Crippen MR) is 73.0 cm³/mol. The van der Waals surface area contributed by atoms with E-state index in [1.54, 1.807) is 6.92 Å². The molecule has 1 N–H and O–H groups in total. The van der Waals surface area contributed by atoms with Crippen molar-refractivity contribution < 1.29 is 18.3 Å². The highest BCUT2D eigenvalue weighted by atomic mass is 35.5. The number of hydrogen-bond donors (Lipinski definition) is 1. The summed E-state index contributed by atoms with van der Waals surface area (Å²) in [4.78, 5) is 10.9. The zero-order chi connectivity index (χ0) is 14.6. The van der Waals surface area contributed by atoms with Crippen LogP contribution in [0, 0.1) is 0 Å². The molecule has 0 aliphatic carbocycles. The van der Waals surface area contributed by atoms with Crippen LogP contribution in [0.2, 0.25) is 5.02 Å². The molecule has 104 valence electrons. The van der Waals surface area contributed by atoms with E-state index in [4.69, 9.17) is 16.7 Å². The quantitative estimate of drug-likeness (QED) is 0.818. The van der Waals surface area contributed by atoms with Gasteiger partial charge in [-0.2, -0.15) is 4.31 Å². The number of benzene rings is 1. The van der Waals surface area contributed by atoms with Crippen molar-refractivity contribution in [1.82, 2.24) is 4.31 Å². The van der Waals surface area contributed by atoms with Gasteiger partial charge >= 0.3 is 5.97 Å². The van der Waals surface area contributed by atoms with E-state index in [1.165, 1.54) is 22.5 Å². The molecule has 1 aromatic rings. The Bertz CT molecular complexity index is 598. The van der Waals surface area contributed by atoms with Gasteiger partial charge in [-0.1, -0.05) is 24.6 Å². The zero-order valence-electron chi connectivity index (χ0n) is 10.3. The number of carboxylic acid groups (broad SMARTS) is 1. The maximum Gasteiger partial charge on any atom is 0.337 e. The van der Waals surface area contributed by atoms with Gasteiger partial charge in [0, 0.05) is 13.1 Å². The fraction of sp³-hybridized carbons (Fsp3) is 0.250. The van der Waals surface area contributed by atoms with Crippen molar-refractivity contribution in [3.05, 3.63) is 41.4 Å². The molecule has 0 bridgehead atoms. The summed E-state index contributed by atoms with van der Waals surface area (Å²) in [6.07, 6.45) is 1.47. The molecule has 0 amide bonds. The van der Waals surface area contributed by atoms with Crippen molar-refractivity contribution in [3.8, 4) is 0 Å². The molecule has 0 fully saturated rings. The van der Waals surface area contributed by atoms with Crippen LogP contribution in [0.15, 0.2) is 35.7 Å². The summed E-state index contributed by atoms with van der Waals surface area (Å²) in [6.45, 7) is 5.60. The lowest BCUT2D eigenvalue weighted by Crippen LogP contribution is -2.31. The van der Waals surface area contributed by atoms with Crippen LogP contribution in [0.3, 0.4) is 0 Å². The van der Waals surface area contributed by atoms with Crippen molar-refractivity contribution in [2.45, 2.75) is 11.8 Å². The molecule has 0 radical (unpaired) electrons. The standard InChI is InChI=1S/C12H14ClNO4S/c1-3-7-14(4-2)19(17,18)9-5-6-11(13)10(8-9)12(15)16/h3,5-6,8H,1,4,7H2,2H3,(H,15,16). The normalized spacial score (nSPS) is 11.5. The zero-order valence-corrected chi connectivity index (χ0v) is 11.9. The summed E-state index contributed by atoms with van der Waals surface area (Å²) in [5, 5.41) is 8.94. The topological polar surface area (TPSA) is 74.7 Å². The first-order chi connectivity index (χ1) is 8.84. The van der Waals surface area contributed by atoms with Crippen LogP contribution in [0.25, 0.3) is 0 Å². The van der Waals surface area contributed by atoms with Crippen LogP contribution in [-0.4, -0.2) is 36.9 Å². The molecule has 5 nitrogen and oxygen atoms in total. The first-order valence-corrected chi connectivity index (χ1v) is 7.30. The molecule has 0 saturated carbocycles. The Morgan fingerprint density at radius 3 is 2.63 bits per heavy atom. The van der Waals surface area contributed by atoms with Gasteiger partial charge in [-0.3, -0.25) is 0 Å². The molecule has 0 saturated heterocycles. The number of carbonyl (C=O) groups is 1. The van der Waals surface area contributed by atoms with Crippen LogP contribution < -0.4 is 0 Å². The van der Waals surface area contributed by atoms with Gasteiger partial charge in [0.1, 0.15) is 0 Å². The number of nitrogens with zero attached hydrogens (tertiary/aromatic N) is 1. The largest absolute Gasteiger partial charge is 0.478 e. The van der Waals surface area contributed by atoms with Crippen LogP contribution in [0.4, 0.5) is 0 Å². The molecule has 7 heteroatoms. The average molecular weight is 304 g/mol. The van der Waals surface area contributed by atoms with Crippen molar-refractivity contribution in [2.24, 2.45) is 0 Å². The Hall–Kier alpha value is -1.37. The first kappa shape index (κ1) is 15.7. The molecule has 0 aliphatic rings. The SMILES string of the molecule is C=CCN(CC)S(=O)(=O)c1ccc(Cl)c(C(=O)O)c1. The van der Waals surface area contributed by atoms with Crippen molar-refractivity contribution >= 4 is 27.6 Å². The van der Waals surface area contributed by atoms with Gasteiger partial charge < -0.3 is 5.11 Å². The summed E-state index contributed by atoms with van der Waals surface area (Å²) >= 11 is 5.71. The second kappa shape index (κ2) is 6.18. The van der Waals surface area contributed by atoms with Crippen molar-refractivity contribution in [3.63, 3.8) is 0 Å². The number of aromatic carboxylic acids is 1. The molecule has 1 aromatic carbocycles. The second-order valence-corrected chi connectivity index (χ2v) is 6.04. The molecule has 1 rings (SSSR count). The molecule has 0 spiro atoms. The molecule has 19 heavy (non-hydrogen) atoms. The molecule has 0 heterocycles. The Balaban J connectivity index is 3.32. The van der Waals surface area contributed by atoms with Crippen LogP contribution in [0.1, 0.15) is 17.3 Å². The number of halogens is 1. The Morgan fingerprint density at radius 1 is 1.53 bits per heavy atom. The van der Waals surface area contributed by atoms with Crippen LogP contribution in [-0.2, 0) is 10.0 Å². The van der Waals surface area contributed by atoms with Gasteiger partial charge in [0.05, 0.1) is 15.5 Å². The number of carboxylic acids is 1. The van der Waals surface area contributed by atoms with E-state index in [0.29, 0.717) is 0 Å². The third-order valence-corrected chi connectivity index (χ3v) is 4.76.